The highest BCUT2D eigenvalue weighted by molar-refractivity contribution is 5.77. The number of nitrogens with zero attached hydrogens (tertiary/aromatic N) is 1. The summed E-state index contributed by atoms with van der Waals surface area (Å²) in [5.41, 5.74) is 0. The molecule has 1 rings (SSSR count). The van der Waals surface area contributed by atoms with Crippen molar-refractivity contribution in [1.29, 1.82) is 5.26 Å². The molecule has 4 nitrogen and oxygen atoms in total. The third kappa shape index (κ3) is 3.05. The number of aliphatic hydroxyl groups is 1. The lowest BCUT2D eigenvalue weighted by Gasteiger charge is -2.15. The van der Waals surface area contributed by atoms with Crippen LogP contribution in [-0.4, -0.2) is 23.7 Å². The Morgan fingerprint density at radius 2 is 2.30 bits per heavy atom. The van der Waals surface area contributed by atoms with Gasteiger partial charge in [-0.15, -0.1) is 0 Å². The Labute approximate surface area is 59.5 Å². The Morgan fingerprint density at radius 1 is 1.70 bits per heavy atom. The largest absolute Gasteiger partial charge is 0.393 e. The average molecular weight is 142 g/mol. The fourth-order valence-electron chi connectivity index (χ4n) is 0.766. The lowest BCUT2D eigenvalue weighted by molar-refractivity contribution is -0.124. The predicted molar refractivity (Wildman–Crippen MR) is 34.9 cm³/mol. The number of rotatable bonds is 0. The molecule has 1 heterocycles. The van der Waals surface area contributed by atoms with E-state index in [1.807, 2.05) is 0 Å². The summed E-state index contributed by atoms with van der Waals surface area (Å²) in [5.74, 6) is -0.0382. The molecule has 1 aliphatic rings. The standard InChI is InChI=1S/C5H9NO2.CHN/c7-4-1-2-6-5(8)3-4;1-2/h4,7H,1-3H2,(H,6,8);1H. The first-order chi connectivity index (χ1) is 4.79. The van der Waals surface area contributed by atoms with Crippen molar-refractivity contribution in [2.24, 2.45) is 0 Å². The van der Waals surface area contributed by atoms with Crippen LogP contribution in [0, 0.1) is 11.8 Å². The third-order valence-electron chi connectivity index (χ3n) is 1.22. The van der Waals surface area contributed by atoms with E-state index in [2.05, 4.69) is 11.9 Å². The molecular formula is C6H10N2O2. The molecule has 1 saturated heterocycles. The molecule has 0 spiro atoms. The van der Waals surface area contributed by atoms with E-state index in [0.29, 0.717) is 13.0 Å². The van der Waals surface area contributed by atoms with E-state index < -0.39 is 6.10 Å². The number of aliphatic hydroxyl groups excluding tert-OH is 1. The molecule has 0 aromatic rings. The van der Waals surface area contributed by atoms with Gasteiger partial charge in [-0.3, -0.25) is 4.79 Å². The second-order valence-electron chi connectivity index (χ2n) is 2.00. The molecule has 1 fully saturated rings. The third-order valence-corrected chi connectivity index (χ3v) is 1.22. The van der Waals surface area contributed by atoms with Crippen LogP contribution in [0.5, 0.6) is 0 Å². The van der Waals surface area contributed by atoms with E-state index in [4.69, 9.17) is 10.4 Å². The van der Waals surface area contributed by atoms with Gasteiger partial charge < -0.3 is 10.4 Å². The van der Waals surface area contributed by atoms with Crippen LogP contribution in [0.4, 0.5) is 0 Å². The number of piperidine rings is 1. The molecule has 1 unspecified atom stereocenters. The lowest BCUT2D eigenvalue weighted by Crippen LogP contribution is -2.35. The number of nitriles is 1. The average Bonchev–Trinajstić information content (AvgIpc) is 1.91. The summed E-state index contributed by atoms with van der Waals surface area (Å²) in [6.07, 6.45) is 0.579. The van der Waals surface area contributed by atoms with Crippen LogP contribution in [0.2, 0.25) is 0 Å². The summed E-state index contributed by atoms with van der Waals surface area (Å²) in [7, 11) is 0. The molecule has 1 aliphatic heterocycles. The van der Waals surface area contributed by atoms with Gasteiger partial charge in [0.15, 0.2) is 0 Å². The second-order valence-corrected chi connectivity index (χ2v) is 2.00. The highest BCUT2D eigenvalue weighted by Gasteiger charge is 2.14. The van der Waals surface area contributed by atoms with Gasteiger partial charge in [-0.2, -0.15) is 0 Å². The van der Waals surface area contributed by atoms with Crippen LogP contribution in [0.25, 0.3) is 0 Å². The topological polar surface area (TPSA) is 73.1 Å². The van der Waals surface area contributed by atoms with Crippen molar-refractivity contribution in [1.82, 2.24) is 5.32 Å². The number of amides is 1. The normalized spacial score (nSPS) is 23.9. The quantitative estimate of drug-likeness (QED) is 0.474. The van der Waals surface area contributed by atoms with Crippen LogP contribution in [0.1, 0.15) is 12.8 Å². The van der Waals surface area contributed by atoms with Gasteiger partial charge in [0.05, 0.1) is 12.5 Å². The minimum Gasteiger partial charge on any atom is -0.393 e. The van der Waals surface area contributed by atoms with Crippen LogP contribution < -0.4 is 5.32 Å². The Balaban J connectivity index is 0.000000371. The molecule has 0 bridgehead atoms. The summed E-state index contributed by atoms with van der Waals surface area (Å²) in [6, 6.07) is 0. The van der Waals surface area contributed by atoms with Gasteiger partial charge in [0, 0.05) is 13.1 Å². The fraction of sp³-hybridized carbons (Fsp3) is 0.667. The van der Waals surface area contributed by atoms with E-state index in [9.17, 15) is 4.79 Å². The van der Waals surface area contributed by atoms with Crippen LogP contribution in [0.3, 0.4) is 0 Å². The first kappa shape index (κ1) is 8.92. The Hall–Kier alpha value is -1.08. The van der Waals surface area contributed by atoms with Crippen molar-refractivity contribution >= 4 is 5.91 Å². The summed E-state index contributed by atoms with van der Waals surface area (Å²) in [6.45, 7) is 4.12. The number of hydrogen-bond donors (Lipinski definition) is 2. The molecule has 1 amide bonds. The summed E-state index contributed by atoms with van der Waals surface area (Å²) >= 11 is 0. The van der Waals surface area contributed by atoms with Gasteiger partial charge in [-0.25, -0.2) is 5.26 Å². The maximum atomic E-state index is 10.4. The minimum absolute atomic E-state index is 0.0382. The Kier molecular flexibility index (Phi) is 4.25. The molecular weight excluding hydrogens is 132 g/mol. The van der Waals surface area contributed by atoms with E-state index in [1.54, 1.807) is 0 Å². The number of carbonyl (C=O) groups excluding carboxylic acids is 1. The molecule has 0 aliphatic carbocycles. The maximum absolute atomic E-state index is 10.4. The Bertz CT molecular complexity index is 133. The minimum atomic E-state index is -0.399. The van der Waals surface area contributed by atoms with Gasteiger partial charge in [0.2, 0.25) is 5.91 Å². The molecule has 0 saturated carbocycles. The summed E-state index contributed by atoms with van der Waals surface area (Å²) in [4.78, 5) is 10.4. The lowest BCUT2D eigenvalue weighted by atomic mass is 10.1. The van der Waals surface area contributed by atoms with Crippen molar-refractivity contribution in [3.8, 4) is 6.57 Å². The first-order valence-electron chi connectivity index (χ1n) is 2.99. The predicted octanol–water partition coefficient (Wildman–Crippen LogP) is -0.603. The monoisotopic (exact) mass is 142 g/mol. The van der Waals surface area contributed by atoms with Crippen molar-refractivity contribution in [3.05, 3.63) is 0 Å². The SMILES string of the molecule is C#N.O=C1CC(O)CCN1. The highest BCUT2D eigenvalue weighted by atomic mass is 16.3. The van der Waals surface area contributed by atoms with E-state index in [0.717, 1.165) is 0 Å². The van der Waals surface area contributed by atoms with Crippen LogP contribution in [-0.2, 0) is 4.79 Å². The number of nitrogens with one attached hydrogen (secondary N) is 1. The Morgan fingerprint density at radius 3 is 2.60 bits per heavy atom. The molecule has 0 radical (unpaired) electrons. The van der Waals surface area contributed by atoms with Crippen LogP contribution in [0.15, 0.2) is 0 Å². The zero-order valence-electron chi connectivity index (χ0n) is 5.58. The van der Waals surface area contributed by atoms with Crippen LogP contribution >= 0.6 is 0 Å². The van der Waals surface area contributed by atoms with Crippen molar-refractivity contribution < 1.29 is 9.90 Å². The van der Waals surface area contributed by atoms with Gasteiger partial charge in [0.25, 0.3) is 0 Å². The molecule has 4 heteroatoms. The maximum Gasteiger partial charge on any atom is 0.222 e. The summed E-state index contributed by atoms with van der Waals surface area (Å²) in [5, 5.41) is 17.9. The smallest absolute Gasteiger partial charge is 0.222 e. The molecule has 0 aromatic heterocycles. The van der Waals surface area contributed by atoms with Gasteiger partial charge in [-0.05, 0) is 6.42 Å². The van der Waals surface area contributed by atoms with E-state index in [1.165, 1.54) is 0 Å². The highest BCUT2D eigenvalue weighted by Crippen LogP contribution is 2.00. The molecule has 56 valence electrons. The zero-order chi connectivity index (χ0) is 7.98. The van der Waals surface area contributed by atoms with Gasteiger partial charge in [-0.1, -0.05) is 0 Å². The van der Waals surface area contributed by atoms with Crippen molar-refractivity contribution in [2.75, 3.05) is 6.54 Å². The molecule has 1 atom stereocenters. The molecule has 2 N–H and O–H groups in total. The van der Waals surface area contributed by atoms with E-state index in [-0.39, 0.29) is 12.3 Å². The number of hydrogen-bond acceptors (Lipinski definition) is 3. The number of carbonyl (C=O) groups is 1. The van der Waals surface area contributed by atoms with E-state index >= 15 is 0 Å². The molecule has 0 aromatic carbocycles. The van der Waals surface area contributed by atoms with Crippen molar-refractivity contribution in [2.45, 2.75) is 18.9 Å². The molecule has 10 heavy (non-hydrogen) atoms. The fourth-order valence-corrected chi connectivity index (χ4v) is 0.766. The summed E-state index contributed by atoms with van der Waals surface area (Å²) < 4.78 is 0. The van der Waals surface area contributed by atoms with Gasteiger partial charge >= 0.3 is 0 Å². The first-order valence-corrected chi connectivity index (χ1v) is 2.99. The van der Waals surface area contributed by atoms with Crippen molar-refractivity contribution in [3.63, 3.8) is 0 Å². The van der Waals surface area contributed by atoms with Gasteiger partial charge in [0.1, 0.15) is 0 Å². The zero-order valence-corrected chi connectivity index (χ0v) is 5.58. The second kappa shape index (κ2) is 4.77.